The topological polar surface area (TPSA) is 35.5 Å². The van der Waals surface area contributed by atoms with Crippen LogP contribution in [0.25, 0.3) is 0 Å². The maximum atomic E-state index is 11.3. The van der Waals surface area contributed by atoms with Gasteiger partial charge in [-0.1, -0.05) is 0 Å². The van der Waals surface area contributed by atoms with Gasteiger partial charge in [0.25, 0.3) is 0 Å². The molecule has 11 heavy (non-hydrogen) atoms. The predicted molar refractivity (Wildman–Crippen MR) is 46.4 cm³/mol. The fourth-order valence-electron chi connectivity index (χ4n) is 0.680. The molecule has 0 N–H and O–H groups in total. The van der Waals surface area contributed by atoms with Crippen LogP contribution in [0.2, 0.25) is 0 Å². The Morgan fingerprint density at radius 2 is 2.00 bits per heavy atom. The molecule has 0 aromatic carbocycles. The van der Waals surface area contributed by atoms with Crippen LogP contribution in [0.15, 0.2) is 0 Å². The Bertz CT molecular complexity index is 125. The first-order chi connectivity index (χ1) is 5.13. The second kappa shape index (κ2) is 5.64. The fourth-order valence-corrected chi connectivity index (χ4v) is 1.44. The molecule has 0 aliphatic rings. The number of hydrogen-bond acceptors (Lipinski definition) is 3. The van der Waals surface area contributed by atoms with Crippen molar-refractivity contribution in [3.05, 3.63) is 0 Å². The molecule has 0 aliphatic carbocycles. The van der Waals surface area contributed by atoms with E-state index >= 15 is 0 Å². The first kappa shape index (κ1) is 11.0. The van der Waals surface area contributed by atoms with Gasteiger partial charge in [0.15, 0.2) is 5.52 Å². The van der Waals surface area contributed by atoms with Crippen molar-refractivity contribution in [2.45, 2.75) is 6.10 Å². The third-order valence-electron chi connectivity index (χ3n) is 1.32. The summed E-state index contributed by atoms with van der Waals surface area (Å²) in [4.78, 5) is 11.3. The van der Waals surface area contributed by atoms with Crippen molar-refractivity contribution in [1.82, 2.24) is 0 Å². The lowest BCUT2D eigenvalue weighted by Gasteiger charge is -2.14. The SMILES string of the molecule is COCC(OC)C(=O)P(C)C. The number of methoxy groups -OCH3 is 2. The van der Waals surface area contributed by atoms with Gasteiger partial charge in [0.1, 0.15) is 6.10 Å². The summed E-state index contributed by atoms with van der Waals surface area (Å²) in [5.74, 6) is 0. The van der Waals surface area contributed by atoms with Crippen molar-refractivity contribution < 1.29 is 14.3 Å². The zero-order valence-corrected chi connectivity index (χ0v) is 8.35. The monoisotopic (exact) mass is 178 g/mol. The first-order valence-electron chi connectivity index (χ1n) is 3.36. The summed E-state index contributed by atoms with van der Waals surface area (Å²) < 4.78 is 9.79. The molecule has 0 saturated heterocycles. The molecule has 0 aromatic rings. The zero-order valence-electron chi connectivity index (χ0n) is 7.46. The van der Waals surface area contributed by atoms with Crippen LogP contribution in [0.3, 0.4) is 0 Å². The molecule has 0 heterocycles. The summed E-state index contributed by atoms with van der Waals surface area (Å²) in [6.07, 6.45) is -0.374. The largest absolute Gasteiger partial charge is 0.381 e. The molecule has 0 amide bonds. The van der Waals surface area contributed by atoms with Crippen molar-refractivity contribution in [2.75, 3.05) is 34.2 Å². The van der Waals surface area contributed by atoms with Crippen molar-refractivity contribution in [3.63, 3.8) is 0 Å². The molecule has 0 radical (unpaired) electrons. The summed E-state index contributed by atoms with van der Waals surface area (Å²) in [5, 5.41) is 0. The number of rotatable bonds is 5. The molecule has 1 unspecified atom stereocenters. The van der Waals surface area contributed by atoms with Crippen molar-refractivity contribution >= 4 is 13.4 Å². The highest BCUT2D eigenvalue weighted by Gasteiger charge is 2.19. The lowest BCUT2D eigenvalue weighted by Crippen LogP contribution is -2.26. The second-order valence-corrected chi connectivity index (χ2v) is 4.64. The smallest absolute Gasteiger partial charge is 0.184 e. The highest BCUT2D eigenvalue weighted by molar-refractivity contribution is 7.73. The maximum absolute atomic E-state index is 11.3. The fraction of sp³-hybridized carbons (Fsp3) is 0.857. The van der Waals surface area contributed by atoms with Gasteiger partial charge in [0.2, 0.25) is 0 Å². The zero-order chi connectivity index (χ0) is 8.85. The highest BCUT2D eigenvalue weighted by atomic mass is 31.1. The Hall–Kier alpha value is 0.0200. The molecule has 0 spiro atoms. The molecule has 0 aliphatic heterocycles. The van der Waals surface area contributed by atoms with Gasteiger partial charge >= 0.3 is 0 Å². The third kappa shape index (κ3) is 3.80. The summed E-state index contributed by atoms with van der Waals surface area (Å²) in [6.45, 7) is 4.19. The Morgan fingerprint density at radius 1 is 1.45 bits per heavy atom. The Balaban J connectivity index is 3.92. The standard InChI is InChI=1S/C7H15O3P/c1-9-5-6(10-2)7(8)11(3)4/h6H,5H2,1-4H3. The lowest BCUT2D eigenvalue weighted by molar-refractivity contribution is -0.123. The van der Waals surface area contributed by atoms with Crippen molar-refractivity contribution in [2.24, 2.45) is 0 Å². The maximum Gasteiger partial charge on any atom is 0.184 e. The second-order valence-electron chi connectivity index (χ2n) is 2.41. The van der Waals surface area contributed by atoms with E-state index in [0.29, 0.717) is 6.61 Å². The van der Waals surface area contributed by atoms with E-state index in [1.165, 1.54) is 7.11 Å². The van der Waals surface area contributed by atoms with Gasteiger partial charge in [-0.05, 0) is 21.3 Å². The molecule has 0 saturated carbocycles. The normalized spacial score (nSPS) is 13.5. The molecular weight excluding hydrogens is 163 g/mol. The van der Waals surface area contributed by atoms with Crippen LogP contribution in [-0.4, -0.2) is 45.8 Å². The van der Waals surface area contributed by atoms with Crippen LogP contribution in [0.5, 0.6) is 0 Å². The predicted octanol–water partition coefficient (Wildman–Crippen LogP) is 0.916. The minimum absolute atomic E-state index is 0.157. The van der Waals surface area contributed by atoms with Gasteiger partial charge < -0.3 is 9.47 Å². The highest BCUT2D eigenvalue weighted by Crippen LogP contribution is 2.28. The summed E-state index contributed by atoms with van der Waals surface area (Å²) in [6, 6.07) is 0. The average Bonchev–Trinajstić information content (AvgIpc) is 1.98. The first-order valence-corrected chi connectivity index (χ1v) is 5.60. The van der Waals surface area contributed by atoms with E-state index in [4.69, 9.17) is 9.47 Å². The number of carbonyl (C=O) groups excluding carboxylic acids is 1. The number of ether oxygens (including phenoxy) is 2. The average molecular weight is 178 g/mol. The van der Waals surface area contributed by atoms with Crippen LogP contribution < -0.4 is 0 Å². The molecule has 0 fully saturated rings. The van der Waals surface area contributed by atoms with Crippen LogP contribution in [0, 0.1) is 0 Å². The van der Waals surface area contributed by atoms with Gasteiger partial charge in [-0.15, -0.1) is 0 Å². The van der Waals surface area contributed by atoms with E-state index in [9.17, 15) is 4.79 Å². The van der Waals surface area contributed by atoms with E-state index in [1.807, 2.05) is 13.3 Å². The number of hydrogen-bond donors (Lipinski definition) is 0. The van der Waals surface area contributed by atoms with E-state index in [-0.39, 0.29) is 11.6 Å². The van der Waals surface area contributed by atoms with Gasteiger partial charge in [0, 0.05) is 14.2 Å². The summed E-state index contributed by atoms with van der Waals surface area (Å²) >= 11 is 0. The number of carbonyl (C=O) groups is 1. The van der Waals surface area contributed by atoms with Crippen molar-refractivity contribution in [1.29, 1.82) is 0 Å². The third-order valence-corrected chi connectivity index (χ3v) is 2.49. The minimum Gasteiger partial charge on any atom is -0.381 e. The van der Waals surface area contributed by atoms with Crippen LogP contribution in [-0.2, 0) is 14.3 Å². The molecule has 3 nitrogen and oxygen atoms in total. The quantitative estimate of drug-likeness (QED) is 0.587. The summed E-state index contributed by atoms with van der Waals surface area (Å²) in [7, 11) is 2.53. The molecule has 1 atom stereocenters. The Labute approximate surface area is 68.8 Å². The van der Waals surface area contributed by atoms with Crippen LogP contribution >= 0.6 is 7.92 Å². The molecule has 66 valence electrons. The molecule has 0 rings (SSSR count). The van der Waals surface area contributed by atoms with Crippen LogP contribution in [0.1, 0.15) is 0 Å². The molecule has 0 aromatic heterocycles. The lowest BCUT2D eigenvalue weighted by atomic mass is 10.4. The van der Waals surface area contributed by atoms with E-state index < -0.39 is 7.92 Å². The molecule has 0 bridgehead atoms. The minimum atomic E-state index is -0.562. The van der Waals surface area contributed by atoms with Crippen molar-refractivity contribution in [3.8, 4) is 0 Å². The van der Waals surface area contributed by atoms with E-state index in [1.54, 1.807) is 7.11 Å². The van der Waals surface area contributed by atoms with Gasteiger partial charge in [-0.2, -0.15) is 0 Å². The van der Waals surface area contributed by atoms with Gasteiger partial charge in [-0.25, -0.2) is 0 Å². The van der Waals surface area contributed by atoms with E-state index in [0.717, 1.165) is 0 Å². The summed E-state index contributed by atoms with van der Waals surface area (Å²) in [5.41, 5.74) is 0.157. The van der Waals surface area contributed by atoms with Crippen LogP contribution in [0.4, 0.5) is 0 Å². The Morgan fingerprint density at radius 3 is 2.27 bits per heavy atom. The van der Waals surface area contributed by atoms with Gasteiger partial charge in [-0.3, -0.25) is 4.79 Å². The van der Waals surface area contributed by atoms with E-state index in [2.05, 4.69) is 0 Å². The molecular formula is C7H15O3P. The Kier molecular flexibility index (Phi) is 5.65. The molecule has 4 heteroatoms. The van der Waals surface area contributed by atoms with Gasteiger partial charge in [0.05, 0.1) is 6.61 Å².